The second-order valence-corrected chi connectivity index (χ2v) is 6.72. The molecule has 1 fully saturated rings. The number of aromatic amines is 1. The van der Waals surface area contributed by atoms with E-state index in [1.165, 1.54) is 0 Å². The molecule has 0 spiro atoms. The Kier molecular flexibility index (Phi) is 4.81. The molecule has 0 aliphatic carbocycles. The number of H-pyrrole nitrogens is 1. The molecule has 3 rings (SSSR count). The molecule has 0 saturated carbocycles. The van der Waals surface area contributed by atoms with Crippen molar-refractivity contribution in [1.82, 2.24) is 15.6 Å². The van der Waals surface area contributed by atoms with Crippen LogP contribution in [0.1, 0.15) is 30.1 Å². The molecule has 1 amide bonds. The number of carbonyl (C=O) groups excluding carboxylic acids is 1. The van der Waals surface area contributed by atoms with Gasteiger partial charge in [0.15, 0.2) is 0 Å². The second-order valence-electron chi connectivity index (χ2n) is 6.72. The van der Waals surface area contributed by atoms with Crippen LogP contribution >= 0.6 is 0 Å². The van der Waals surface area contributed by atoms with Crippen molar-refractivity contribution in [2.45, 2.75) is 19.8 Å². The quantitative estimate of drug-likeness (QED) is 0.806. The van der Waals surface area contributed by atoms with Gasteiger partial charge < -0.3 is 15.6 Å². The lowest BCUT2D eigenvalue weighted by Gasteiger charge is -2.34. The fourth-order valence-electron chi connectivity index (χ4n) is 3.03. The third-order valence-corrected chi connectivity index (χ3v) is 4.73. The van der Waals surface area contributed by atoms with E-state index in [0.29, 0.717) is 12.2 Å². The van der Waals surface area contributed by atoms with Crippen molar-refractivity contribution in [3.63, 3.8) is 0 Å². The van der Waals surface area contributed by atoms with Crippen molar-refractivity contribution in [3.8, 4) is 11.3 Å². The SMILES string of the molecule is CC1(CNC(=O)c2ccc(-c3ccccc3)[nH]c2=O)CCNCC1. The standard InChI is InChI=1S/C19H23N3O2/c1-19(9-11-20-12-10-19)13-21-17(23)15-7-8-16(22-18(15)24)14-5-3-2-4-6-14/h2-8,20H,9-13H2,1H3,(H,21,23)(H,22,24). The molecule has 126 valence electrons. The summed E-state index contributed by atoms with van der Waals surface area (Å²) in [5.74, 6) is -0.310. The number of hydrogen-bond donors (Lipinski definition) is 3. The summed E-state index contributed by atoms with van der Waals surface area (Å²) in [7, 11) is 0. The molecule has 5 heteroatoms. The zero-order valence-electron chi connectivity index (χ0n) is 13.9. The van der Waals surface area contributed by atoms with Gasteiger partial charge >= 0.3 is 0 Å². The molecule has 1 aliphatic rings. The maximum Gasteiger partial charge on any atom is 0.261 e. The van der Waals surface area contributed by atoms with Crippen LogP contribution in [0.5, 0.6) is 0 Å². The van der Waals surface area contributed by atoms with Crippen LogP contribution in [0.25, 0.3) is 11.3 Å². The molecule has 0 unspecified atom stereocenters. The maximum atomic E-state index is 12.4. The van der Waals surface area contributed by atoms with Crippen LogP contribution in [0.2, 0.25) is 0 Å². The van der Waals surface area contributed by atoms with E-state index in [1.54, 1.807) is 12.1 Å². The van der Waals surface area contributed by atoms with Crippen LogP contribution in [0.4, 0.5) is 0 Å². The highest BCUT2D eigenvalue weighted by Crippen LogP contribution is 2.26. The van der Waals surface area contributed by atoms with Gasteiger partial charge in [0.05, 0.1) is 0 Å². The highest BCUT2D eigenvalue weighted by Gasteiger charge is 2.27. The van der Waals surface area contributed by atoms with E-state index in [2.05, 4.69) is 22.5 Å². The number of benzene rings is 1. The highest BCUT2D eigenvalue weighted by molar-refractivity contribution is 5.94. The number of pyridine rings is 1. The summed E-state index contributed by atoms with van der Waals surface area (Å²) in [6.07, 6.45) is 2.05. The second kappa shape index (κ2) is 7.01. The van der Waals surface area contributed by atoms with Crippen molar-refractivity contribution in [2.75, 3.05) is 19.6 Å². The molecular weight excluding hydrogens is 302 g/mol. The van der Waals surface area contributed by atoms with Gasteiger partial charge in [-0.2, -0.15) is 0 Å². The Morgan fingerprint density at radius 3 is 2.50 bits per heavy atom. The monoisotopic (exact) mass is 325 g/mol. The fourth-order valence-corrected chi connectivity index (χ4v) is 3.03. The van der Waals surface area contributed by atoms with E-state index in [9.17, 15) is 9.59 Å². The van der Waals surface area contributed by atoms with Gasteiger partial charge in [-0.3, -0.25) is 9.59 Å². The maximum absolute atomic E-state index is 12.4. The zero-order valence-corrected chi connectivity index (χ0v) is 13.9. The van der Waals surface area contributed by atoms with Crippen molar-refractivity contribution in [1.29, 1.82) is 0 Å². The van der Waals surface area contributed by atoms with Crippen molar-refractivity contribution in [3.05, 3.63) is 58.4 Å². The minimum absolute atomic E-state index is 0.0949. The van der Waals surface area contributed by atoms with E-state index in [4.69, 9.17) is 0 Å². The first kappa shape index (κ1) is 16.5. The predicted molar refractivity (Wildman–Crippen MR) is 95.0 cm³/mol. The summed E-state index contributed by atoms with van der Waals surface area (Å²) in [4.78, 5) is 27.4. The number of aromatic nitrogens is 1. The molecule has 1 saturated heterocycles. The van der Waals surface area contributed by atoms with E-state index in [1.807, 2.05) is 30.3 Å². The summed E-state index contributed by atoms with van der Waals surface area (Å²) in [6, 6.07) is 13.0. The molecule has 2 aromatic rings. The average Bonchev–Trinajstić information content (AvgIpc) is 2.61. The van der Waals surface area contributed by atoms with Gasteiger partial charge in [0.25, 0.3) is 11.5 Å². The molecule has 0 atom stereocenters. The Morgan fingerprint density at radius 1 is 1.12 bits per heavy atom. The van der Waals surface area contributed by atoms with Gasteiger partial charge in [0.1, 0.15) is 5.56 Å². The lowest BCUT2D eigenvalue weighted by atomic mass is 9.81. The molecule has 1 aliphatic heterocycles. The Hall–Kier alpha value is -2.40. The third kappa shape index (κ3) is 3.74. The number of rotatable bonds is 4. The van der Waals surface area contributed by atoms with Crippen molar-refractivity contribution < 1.29 is 4.79 Å². The zero-order chi connectivity index (χ0) is 17.0. The molecule has 0 radical (unpaired) electrons. The highest BCUT2D eigenvalue weighted by atomic mass is 16.2. The largest absolute Gasteiger partial charge is 0.351 e. The van der Waals surface area contributed by atoms with Crippen molar-refractivity contribution in [2.24, 2.45) is 5.41 Å². The molecule has 5 nitrogen and oxygen atoms in total. The van der Waals surface area contributed by atoms with Gasteiger partial charge in [0.2, 0.25) is 0 Å². The predicted octanol–water partition coefficient (Wildman–Crippen LogP) is 2.16. The summed E-state index contributed by atoms with van der Waals surface area (Å²) in [5.41, 5.74) is 1.53. The van der Waals surface area contributed by atoms with E-state index in [-0.39, 0.29) is 22.4 Å². The summed E-state index contributed by atoms with van der Waals surface area (Å²) in [5, 5.41) is 6.24. The summed E-state index contributed by atoms with van der Waals surface area (Å²) in [6.45, 7) is 4.71. The topological polar surface area (TPSA) is 74.0 Å². The Bertz CT molecular complexity index is 762. The van der Waals surface area contributed by atoms with Gasteiger partial charge in [-0.25, -0.2) is 0 Å². The summed E-state index contributed by atoms with van der Waals surface area (Å²) >= 11 is 0. The van der Waals surface area contributed by atoms with Crippen LogP contribution in [-0.4, -0.2) is 30.5 Å². The van der Waals surface area contributed by atoms with E-state index in [0.717, 1.165) is 31.5 Å². The molecule has 1 aromatic carbocycles. The van der Waals surface area contributed by atoms with Crippen LogP contribution in [0.3, 0.4) is 0 Å². The number of carbonyl (C=O) groups is 1. The lowest BCUT2D eigenvalue weighted by Crippen LogP contribution is -2.43. The number of nitrogens with one attached hydrogen (secondary N) is 3. The smallest absolute Gasteiger partial charge is 0.261 e. The van der Waals surface area contributed by atoms with Crippen molar-refractivity contribution >= 4 is 5.91 Å². The molecule has 0 bridgehead atoms. The lowest BCUT2D eigenvalue weighted by molar-refractivity contribution is 0.0921. The minimum atomic E-state index is -0.357. The van der Waals surface area contributed by atoms with Gasteiger partial charge in [-0.15, -0.1) is 0 Å². The molecule has 2 heterocycles. The Balaban J connectivity index is 1.70. The number of amides is 1. The normalized spacial score (nSPS) is 16.5. The van der Waals surface area contributed by atoms with Crippen LogP contribution < -0.4 is 16.2 Å². The van der Waals surface area contributed by atoms with Gasteiger partial charge in [-0.05, 0) is 49.0 Å². The van der Waals surface area contributed by atoms with Gasteiger partial charge in [-0.1, -0.05) is 37.3 Å². The van der Waals surface area contributed by atoms with Crippen LogP contribution in [-0.2, 0) is 0 Å². The molecule has 24 heavy (non-hydrogen) atoms. The average molecular weight is 325 g/mol. The summed E-state index contributed by atoms with van der Waals surface area (Å²) < 4.78 is 0. The Labute approximate surface area is 141 Å². The fraction of sp³-hybridized carbons (Fsp3) is 0.368. The third-order valence-electron chi connectivity index (χ3n) is 4.73. The first-order valence-electron chi connectivity index (χ1n) is 8.35. The first-order valence-corrected chi connectivity index (χ1v) is 8.35. The van der Waals surface area contributed by atoms with Crippen LogP contribution in [0.15, 0.2) is 47.3 Å². The van der Waals surface area contributed by atoms with Crippen LogP contribution in [0, 0.1) is 5.41 Å². The van der Waals surface area contributed by atoms with E-state index < -0.39 is 0 Å². The number of hydrogen-bond acceptors (Lipinski definition) is 3. The Morgan fingerprint density at radius 2 is 1.83 bits per heavy atom. The van der Waals surface area contributed by atoms with E-state index >= 15 is 0 Å². The first-order chi connectivity index (χ1) is 11.6. The van der Waals surface area contributed by atoms with Gasteiger partial charge in [0, 0.05) is 12.2 Å². The minimum Gasteiger partial charge on any atom is -0.351 e. The molecule has 1 aromatic heterocycles. The molecular formula is C19H23N3O2. The number of piperidine rings is 1. The molecule has 3 N–H and O–H groups in total.